The fourth-order valence-electron chi connectivity index (χ4n) is 5.30. The quantitative estimate of drug-likeness (QED) is 0.581. The fraction of sp³-hybridized carbons (Fsp3) is 0.423. The first-order valence-corrected chi connectivity index (χ1v) is 12.3. The lowest BCUT2D eigenvalue weighted by molar-refractivity contribution is -0.114. The molecule has 2 saturated heterocycles. The van der Waals surface area contributed by atoms with Gasteiger partial charge in [0.25, 0.3) is 0 Å². The van der Waals surface area contributed by atoms with E-state index in [1.54, 1.807) is 24.7 Å². The molecule has 0 radical (unpaired) electrons. The van der Waals surface area contributed by atoms with Gasteiger partial charge in [0.1, 0.15) is 12.1 Å². The molecule has 5 rings (SSSR count). The van der Waals surface area contributed by atoms with Crippen molar-refractivity contribution in [2.24, 2.45) is 0 Å². The number of ether oxygens (including phenoxy) is 1. The Morgan fingerprint density at radius 3 is 2.61 bits per heavy atom. The zero-order valence-corrected chi connectivity index (χ0v) is 20.7. The molecule has 2 aliphatic heterocycles. The molecule has 10 heteroatoms. The largest absolute Gasteiger partial charge is 0.454 e. The van der Waals surface area contributed by atoms with Crippen LogP contribution in [0.3, 0.4) is 0 Å². The first-order valence-electron chi connectivity index (χ1n) is 12.3. The Labute approximate surface area is 210 Å². The summed E-state index contributed by atoms with van der Waals surface area (Å²) in [6.07, 6.45) is 10.5. The Hall–Kier alpha value is -3.79. The summed E-state index contributed by atoms with van der Waals surface area (Å²) in [4.78, 5) is 36.8. The van der Waals surface area contributed by atoms with Gasteiger partial charge in [-0.1, -0.05) is 12.1 Å². The molecule has 36 heavy (non-hydrogen) atoms. The number of carbonyl (C=O) groups is 2. The van der Waals surface area contributed by atoms with E-state index in [0.717, 1.165) is 55.6 Å². The van der Waals surface area contributed by atoms with E-state index in [-0.39, 0.29) is 17.5 Å². The number of aromatic nitrogens is 4. The second-order valence-corrected chi connectivity index (χ2v) is 9.63. The van der Waals surface area contributed by atoms with E-state index < -0.39 is 0 Å². The van der Waals surface area contributed by atoms with Gasteiger partial charge in [-0.15, -0.1) is 5.10 Å². The fourth-order valence-corrected chi connectivity index (χ4v) is 5.30. The number of carbonyl (C=O) groups excluding carboxylic acids is 2. The highest BCUT2D eigenvalue weighted by Gasteiger charge is 2.44. The number of anilines is 1. The van der Waals surface area contributed by atoms with Gasteiger partial charge >= 0.3 is 6.03 Å². The maximum absolute atomic E-state index is 13.0. The monoisotopic (exact) mass is 489 g/mol. The minimum Gasteiger partial charge on any atom is -0.454 e. The summed E-state index contributed by atoms with van der Waals surface area (Å²) in [5.74, 6) is 1.61. The molecular formula is C26H31N7O3. The van der Waals surface area contributed by atoms with Crippen LogP contribution < -0.4 is 10.1 Å². The minimum absolute atomic E-state index is 0.0697. The Balaban J connectivity index is 1.26. The van der Waals surface area contributed by atoms with E-state index >= 15 is 0 Å². The van der Waals surface area contributed by atoms with Crippen molar-refractivity contribution in [3.05, 3.63) is 60.3 Å². The molecule has 0 unspecified atom stereocenters. The highest BCUT2D eigenvalue weighted by atomic mass is 16.5. The van der Waals surface area contributed by atoms with Gasteiger partial charge < -0.3 is 15.0 Å². The zero-order valence-electron chi connectivity index (χ0n) is 20.7. The van der Waals surface area contributed by atoms with Gasteiger partial charge in [0.05, 0.1) is 12.4 Å². The molecule has 1 N–H and O–H groups in total. The summed E-state index contributed by atoms with van der Waals surface area (Å²) in [6.45, 7) is 6.62. The van der Waals surface area contributed by atoms with Crippen molar-refractivity contribution in [2.75, 3.05) is 25.0 Å². The molecule has 0 saturated carbocycles. The van der Waals surface area contributed by atoms with E-state index in [4.69, 9.17) is 4.74 Å². The highest BCUT2D eigenvalue weighted by Crippen LogP contribution is 2.40. The Morgan fingerprint density at radius 1 is 1.08 bits per heavy atom. The lowest BCUT2D eigenvalue weighted by Gasteiger charge is -2.45. The van der Waals surface area contributed by atoms with Gasteiger partial charge in [-0.05, 0) is 50.8 Å². The third kappa shape index (κ3) is 5.08. The average molecular weight is 490 g/mol. The van der Waals surface area contributed by atoms with E-state index in [2.05, 4.69) is 50.4 Å². The zero-order chi connectivity index (χ0) is 25.1. The number of nitrogens with zero attached hydrogens (tertiary/aromatic N) is 6. The van der Waals surface area contributed by atoms with Crippen molar-refractivity contribution in [1.82, 2.24) is 29.5 Å². The van der Waals surface area contributed by atoms with E-state index in [9.17, 15) is 9.59 Å². The number of benzene rings is 1. The van der Waals surface area contributed by atoms with E-state index in [0.29, 0.717) is 24.7 Å². The third-order valence-corrected chi connectivity index (χ3v) is 7.14. The number of hydrogen-bond donors (Lipinski definition) is 1. The van der Waals surface area contributed by atoms with Gasteiger partial charge in [0.2, 0.25) is 5.91 Å². The van der Waals surface area contributed by atoms with Gasteiger partial charge in [-0.25, -0.2) is 14.8 Å². The van der Waals surface area contributed by atoms with Crippen LogP contribution in [0.4, 0.5) is 10.6 Å². The van der Waals surface area contributed by atoms with Crippen LogP contribution in [0.5, 0.6) is 11.5 Å². The molecule has 2 aromatic heterocycles. The maximum Gasteiger partial charge on any atom is 0.344 e. The molecule has 4 heterocycles. The first kappa shape index (κ1) is 23.9. The Morgan fingerprint density at radius 2 is 1.86 bits per heavy atom. The number of rotatable bonds is 5. The standard InChI is InChI=1S/C26H31N7O3/c1-19-4-5-21(23(14-19)36-22-15-27-18-28-16-22)17-32-10-3-7-26(32)8-12-31(13-9-26)25(35)33-11-6-24(30-33)29-20(2)34/h4-6,11,14-16,18H,3,7-10,12-13,17H2,1-2H3,(H,29,30,34). The minimum atomic E-state index is -0.215. The van der Waals surface area contributed by atoms with Crippen molar-refractivity contribution < 1.29 is 14.3 Å². The molecule has 0 bridgehead atoms. The van der Waals surface area contributed by atoms with E-state index in [1.807, 2.05) is 4.90 Å². The molecule has 1 spiro atoms. The number of aryl methyl sites for hydroxylation is 1. The van der Waals surface area contributed by atoms with Gasteiger partial charge in [-0.2, -0.15) is 4.68 Å². The normalized spacial score (nSPS) is 17.3. The molecule has 1 aromatic carbocycles. The van der Waals surface area contributed by atoms with Crippen LogP contribution in [0.2, 0.25) is 0 Å². The predicted molar refractivity (Wildman–Crippen MR) is 134 cm³/mol. The molecule has 3 aromatic rings. The van der Waals surface area contributed by atoms with Crippen LogP contribution in [0.15, 0.2) is 49.2 Å². The number of likely N-dealkylation sites (tertiary alicyclic amines) is 2. The summed E-state index contributed by atoms with van der Waals surface area (Å²) >= 11 is 0. The molecule has 188 valence electrons. The molecule has 2 amide bonds. The molecular weight excluding hydrogens is 458 g/mol. The smallest absolute Gasteiger partial charge is 0.344 e. The number of piperidine rings is 1. The number of amides is 2. The SMILES string of the molecule is CC(=O)Nc1ccn(C(=O)N2CCC3(CCCN3Cc3ccc(C)cc3Oc3cncnc3)CC2)n1. The predicted octanol–water partition coefficient (Wildman–Crippen LogP) is 3.83. The third-order valence-electron chi connectivity index (χ3n) is 7.14. The summed E-state index contributed by atoms with van der Waals surface area (Å²) in [5.41, 5.74) is 2.33. The maximum atomic E-state index is 13.0. The number of nitrogens with one attached hydrogen (secondary N) is 1. The van der Waals surface area contributed by atoms with Crippen LogP contribution in [-0.4, -0.2) is 66.7 Å². The molecule has 0 aliphatic carbocycles. The van der Waals surface area contributed by atoms with E-state index in [1.165, 1.54) is 17.9 Å². The molecule has 2 fully saturated rings. The second kappa shape index (κ2) is 10.1. The van der Waals surface area contributed by atoms with Gasteiger partial charge in [-0.3, -0.25) is 9.69 Å². The van der Waals surface area contributed by atoms with Crippen LogP contribution in [0.25, 0.3) is 0 Å². The van der Waals surface area contributed by atoms with Gasteiger partial charge in [0.15, 0.2) is 11.6 Å². The second-order valence-electron chi connectivity index (χ2n) is 9.63. The summed E-state index contributed by atoms with van der Waals surface area (Å²) < 4.78 is 7.46. The van der Waals surface area contributed by atoms with Crippen molar-refractivity contribution in [2.45, 2.75) is 51.6 Å². The van der Waals surface area contributed by atoms with Crippen molar-refractivity contribution >= 4 is 17.8 Å². The van der Waals surface area contributed by atoms with Crippen LogP contribution in [0, 0.1) is 6.92 Å². The Bertz CT molecular complexity index is 1240. The van der Waals surface area contributed by atoms with Crippen molar-refractivity contribution in [3.63, 3.8) is 0 Å². The van der Waals surface area contributed by atoms with Crippen LogP contribution >= 0.6 is 0 Å². The molecule has 0 atom stereocenters. The highest BCUT2D eigenvalue weighted by molar-refractivity contribution is 5.88. The van der Waals surface area contributed by atoms with Crippen molar-refractivity contribution in [1.29, 1.82) is 0 Å². The lowest BCUT2D eigenvalue weighted by atomic mass is 9.84. The lowest BCUT2D eigenvalue weighted by Crippen LogP contribution is -2.53. The van der Waals surface area contributed by atoms with Crippen LogP contribution in [-0.2, 0) is 11.3 Å². The first-order chi connectivity index (χ1) is 17.4. The Kier molecular flexibility index (Phi) is 6.69. The topological polar surface area (TPSA) is 105 Å². The van der Waals surface area contributed by atoms with Crippen LogP contribution in [0.1, 0.15) is 43.7 Å². The summed E-state index contributed by atoms with van der Waals surface area (Å²) in [6, 6.07) is 7.79. The summed E-state index contributed by atoms with van der Waals surface area (Å²) in [7, 11) is 0. The number of hydrogen-bond acceptors (Lipinski definition) is 7. The van der Waals surface area contributed by atoms with Crippen molar-refractivity contribution in [3.8, 4) is 11.5 Å². The van der Waals surface area contributed by atoms with Gasteiger partial charge in [0, 0.05) is 49.9 Å². The molecule has 2 aliphatic rings. The molecule has 10 nitrogen and oxygen atoms in total. The average Bonchev–Trinajstić information content (AvgIpc) is 3.48. The summed E-state index contributed by atoms with van der Waals surface area (Å²) in [5, 5.41) is 6.81.